The van der Waals surface area contributed by atoms with Crippen LogP contribution in [-0.2, 0) is 4.74 Å². The Bertz CT molecular complexity index is 350. The Balaban J connectivity index is 1.65. The summed E-state index contributed by atoms with van der Waals surface area (Å²) in [6.45, 7) is 6.39. The van der Waals surface area contributed by atoms with Crippen molar-refractivity contribution in [1.82, 2.24) is 9.97 Å². The molecule has 0 amide bonds. The maximum atomic E-state index is 5.52. The van der Waals surface area contributed by atoms with Crippen molar-refractivity contribution in [2.45, 2.75) is 26.7 Å². The molecule has 1 fully saturated rings. The van der Waals surface area contributed by atoms with Crippen LogP contribution in [0.15, 0.2) is 6.20 Å². The van der Waals surface area contributed by atoms with E-state index in [2.05, 4.69) is 15.3 Å². The number of hydrogen-bond donors (Lipinski definition) is 1. The molecule has 1 aliphatic rings. The van der Waals surface area contributed by atoms with Crippen molar-refractivity contribution in [2.24, 2.45) is 5.92 Å². The third-order valence-corrected chi connectivity index (χ3v) is 2.80. The summed E-state index contributed by atoms with van der Waals surface area (Å²) in [5.74, 6) is 1.67. The molecular formula is C12H19N3O. The van der Waals surface area contributed by atoms with Crippen LogP contribution in [0.1, 0.15) is 24.2 Å². The second kappa shape index (κ2) is 5.25. The Morgan fingerprint density at radius 1 is 1.38 bits per heavy atom. The standard InChI is InChI=1S/C12H19N3O/c1-9-10(2)15-12(7-14-9)13-5-6-16-8-11-3-4-11/h7,11H,3-6,8H2,1-2H3,(H,13,15). The molecule has 4 heteroatoms. The lowest BCUT2D eigenvalue weighted by Gasteiger charge is -2.07. The van der Waals surface area contributed by atoms with Gasteiger partial charge in [0.05, 0.1) is 24.2 Å². The first-order chi connectivity index (χ1) is 7.75. The minimum atomic E-state index is 0.741. The number of hydrogen-bond acceptors (Lipinski definition) is 4. The third-order valence-electron chi connectivity index (χ3n) is 2.80. The Morgan fingerprint density at radius 2 is 2.19 bits per heavy atom. The first-order valence-corrected chi connectivity index (χ1v) is 5.87. The monoisotopic (exact) mass is 221 g/mol. The molecule has 0 radical (unpaired) electrons. The zero-order valence-corrected chi connectivity index (χ0v) is 9.99. The second-order valence-corrected chi connectivity index (χ2v) is 4.37. The van der Waals surface area contributed by atoms with Crippen LogP contribution >= 0.6 is 0 Å². The number of anilines is 1. The Labute approximate surface area is 96.4 Å². The molecule has 1 heterocycles. The normalized spacial score (nSPS) is 15.1. The smallest absolute Gasteiger partial charge is 0.144 e. The van der Waals surface area contributed by atoms with E-state index in [4.69, 9.17) is 4.74 Å². The quantitative estimate of drug-likeness (QED) is 0.746. The van der Waals surface area contributed by atoms with Crippen molar-refractivity contribution in [1.29, 1.82) is 0 Å². The molecule has 0 aromatic carbocycles. The maximum absolute atomic E-state index is 5.52. The van der Waals surface area contributed by atoms with Crippen LogP contribution in [0.2, 0.25) is 0 Å². The largest absolute Gasteiger partial charge is 0.379 e. The molecule has 0 aliphatic heterocycles. The zero-order chi connectivity index (χ0) is 11.4. The van der Waals surface area contributed by atoms with E-state index < -0.39 is 0 Å². The first-order valence-electron chi connectivity index (χ1n) is 5.87. The van der Waals surface area contributed by atoms with E-state index in [0.717, 1.165) is 42.9 Å². The van der Waals surface area contributed by atoms with Gasteiger partial charge in [0.25, 0.3) is 0 Å². The van der Waals surface area contributed by atoms with Crippen molar-refractivity contribution in [2.75, 3.05) is 25.1 Å². The van der Waals surface area contributed by atoms with E-state index in [9.17, 15) is 0 Å². The van der Waals surface area contributed by atoms with E-state index >= 15 is 0 Å². The van der Waals surface area contributed by atoms with Crippen molar-refractivity contribution < 1.29 is 4.74 Å². The fourth-order valence-corrected chi connectivity index (χ4v) is 1.41. The fraction of sp³-hybridized carbons (Fsp3) is 0.667. The van der Waals surface area contributed by atoms with Gasteiger partial charge in [-0.2, -0.15) is 0 Å². The summed E-state index contributed by atoms with van der Waals surface area (Å²) < 4.78 is 5.52. The van der Waals surface area contributed by atoms with Crippen molar-refractivity contribution in [3.8, 4) is 0 Å². The van der Waals surface area contributed by atoms with Crippen LogP contribution in [-0.4, -0.2) is 29.7 Å². The molecule has 0 saturated heterocycles. The highest BCUT2D eigenvalue weighted by Gasteiger charge is 2.20. The molecule has 1 saturated carbocycles. The molecule has 0 atom stereocenters. The van der Waals surface area contributed by atoms with Crippen LogP contribution in [0.3, 0.4) is 0 Å². The lowest BCUT2D eigenvalue weighted by molar-refractivity contribution is 0.134. The number of nitrogens with zero attached hydrogens (tertiary/aromatic N) is 2. The van der Waals surface area contributed by atoms with Gasteiger partial charge in [-0.3, -0.25) is 4.98 Å². The minimum absolute atomic E-state index is 0.741. The van der Waals surface area contributed by atoms with Gasteiger partial charge < -0.3 is 10.1 Å². The Hall–Kier alpha value is -1.16. The highest BCUT2D eigenvalue weighted by Crippen LogP contribution is 2.28. The van der Waals surface area contributed by atoms with E-state index in [-0.39, 0.29) is 0 Å². The summed E-state index contributed by atoms with van der Waals surface area (Å²) in [4.78, 5) is 8.64. The van der Waals surface area contributed by atoms with Gasteiger partial charge in [-0.25, -0.2) is 4.98 Å². The van der Waals surface area contributed by atoms with Crippen molar-refractivity contribution in [3.05, 3.63) is 17.6 Å². The molecule has 88 valence electrons. The second-order valence-electron chi connectivity index (χ2n) is 4.37. The Kier molecular flexibility index (Phi) is 3.72. The summed E-state index contributed by atoms with van der Waals surface area (Å²) in [6.07, 6.45) is 4.45. The van der Waals surface area contributed by atoms with Crippen LogP contribution in [0, 0.1) is 19.8 Å². The van der Waals surface area contributed by atoms with Gasteiger partial charge in [0.2, 0.25) is 0 Å². The van der Waals surface area contributed by atoms with Crippen LogP contribution in [0.4, 0.5) is 5.82 Å². The molecule has 0 bridgehead atoms. The summed E-state index contributed by atoms with van der Waals surface area (Å²) >= 11 is 0. The molecular weight excluding hydrogens is 202 g/mol. The van der Waals surface area contributed by atoms with E-state index in [1.165, 1.54) is 12.8 Å². The highest BCUT2D eigenvalue weighted by atomic mass is 16.5. The predicted molar refractivity (Wildman–Crippen MR) is 63.5 cm³/mol. The summed E-state index contributed by atoms with van der Waals surface area (Å²) in [6, 6.07) is 0. The average molecular weight is 221 g/mol. The number of aryl methyl sites for hydroxylation is 2. The SMILES string of the molecule is Cc1ncc(NCCOCC2CC2)nc1C. The van der Waals surface area contributed by atoms with E-state index in [1.54, 1.807) is 6.20 Å². The predicted octanol–water partition coefficient (Wildman–Crippen LogP) is 1.93. The lowest BCUT2D eigenvalue weighted by Crippen LogP contribution is -2.12. The van der Waals surface area contributed by atoms with Gasteiger partial charge >= 0.3 is 0 Å². The number of aromatic nitrogens is 2. The average Bonchev–Trinajstić information content (AvgIpc) is 3.07. The highest BCUT2D eigenvalue weighted by molar-refractivity contribution is 5.33. The minimum Gasteiger partial charge on any atom is -0.379 e. The van der Waals surface area contributed by atoms with E-state index in [1.807, 2.05) is 13.8 Å². The van der Waals surface area contributed by atoms with Gasteiger partial charge in [-0.15, -0.1) is 0 Å². The molecule has 0 spiro atoms. The molecule has 1 N–H and O–H groups in total. The topological polar surface area (TPSA) is 47.0 Å². The van der Waals surface area contributed by atoms with Gasteiger partial charge in [0.15, 0.2) is 0 Å². The molecule has 0 unspecified atom stereocenters. The third kappa shape index (κ3) is 3.45. The zero-order valence-electron chi connectivity index (χ0n) is 9.99. The van der Waals surface area contributed by atoms with Crippen molar-refractivity contribution >= 4 is 5.82 Å². The van der Waals surface area contributed by atoms with Crippen LogP contribution in [0.5, 0.6) is 0 Å². The molecule has 1 aromatic heterocycles. The fourth-order valence-electron chi connectivity index (χ4n) is 1.41. The number of rotatable bonds is 6. The molecule has 4 nitrogen and oxygen atoms in total. The number of ether oxygens (including phenoxy) is 1. The molecule has 1 aliphatic carbocycles. The maximum Gasteiger partial charge on any atom is 0.144 e. The number of nitrogens with one attached hydrogen (secondary N) is 1. The first kappa shape index (κ1) is 11.3. The van der Waals surface area contributed by atoms with Gasteiger partial charge in [0.1, 0.15) is 5.82 Å². The van der Waals surface area contributed by atoms with Crippen LogP contribution in [0.25, 0.3) is 0 Å². The summed E-state index contributed by atoms with van der Waals surface area (Å²) in [5, 5.41) is 3.21. The van der Waals surface area contributed by atoms with Gasteiger partial charge in [-0.1, -0.05) is 0 Å². The lowest BCUT2D eigenvalue weighted by atomic mass is 10.3. The molecule has 16 heavy (non-hydrogen) atoms. The molecule has 2 rings (SSSR count). The summed E-state index contributed by atoms with van der Waals surface area (Å²) in [7, 11) is 0. The molecule has 1 aromatic rings. The summed E-state index contributed by atoms with van der Waals surface area (Å²) in [5.41, 5.74) is 1.96. The van der Waals surface area contributed by atoms with Crippen molar-refractivity contribution in [3.63, 3.8) is 0 Å². The van der Waals surface area contributed by atoms with Gasteiger partial charge in [0, 0.05) is 13.2 Å². The Morgan fingerprint density at radius 3 is 2.88 bits per heavy atom. The van der Waals surface area contributed by atoms with Crippen LogP contribution < -0.4 is 5.32 Å². The van der Waals surface area contributed by atoms with Gasteiger partial charge in [-0.05, 0) is 32.6 Å². The van der Waals surface area contributed by atoms with E-state index in [0.29, 0.717) is 0 Å².